The van der Waals surface area contributed by atoms with Crippen molar-refractivity contribution in [3.05, 3.63) is 58.7 Å². The molecule has 0 saturated carbocycles. The van der Waals surface area contributed by atoms with Crippen LogP contribution >= 0.6 is 11.8 Å². The van der Waals surface area contributed by atoms with Crippen molar-refractivity contribution in [3.63, 3.8) is 0 Å². The number of thioether (sulfide) groups is 1. The second-order valence-corrected chi connectivity index (χ2v) is 8.10. The van der Waals surface area contributed by atoms with Crippen LogP contribution in [0.1, 0.15) is 48.9 Å². The van der Waals surface area contributed by atoms with Crippen LogP contribution in [0.4, 0.5) is 5.69 Å². The fourth-order valence-electron chi connectivity index (χ4n) is 2.61. The molecule has 0 radical (unpaired) electrons. The topological polar surface area (TPSA) is 29.1 Å². The predicted molar refractivity (Wildman–Crippen MR) is 105 cm³/mol. The summed E-state index contributed by atoms with van der Waals surface area (Å²) in [4.78, 5) is 13.8. The molecular weight excluding hydrogens is 314 g/mol. The number of nitrogens with one attached hydrogen (secondary N) is 1. The lowest BCUT2D eigenvalue weighted by Gasteiger charge is -2.19. The first kappa shape index (κ1) is 18.6. The Bertz CT molecular complexity index is 737. The Morgan fingerprint density at radius 3 is 2.29 bits per heavy atom. The highest BCUT2D eigenvalue weighted by atomic mass is 32.2. The van der Waals surface area contributed by atoms with E-state index < -0.39 is 0 Å². The normalized spacial score (nSPS) is 12.3. The molecule has 0 bridgehead atoms. The van der Waals surface area contributed by atoms with Crippen molar-refractivity contribution >= 4 is 23.4 Å². The molecule has 0 aromatic heterocycles. The summed E-state index contributed by atoms with van der Waals surface area (Å²) in [5, 5.41) is 3.00. The molecule has 2 rings (SSSR count). The van der Waals surface area contributed by atoms with E-state index in [2.05, 4.69) is 57.3 Å². The summed E-state index contributed by atoms with van der Waals surface area (Å²) in [5.74, 6) is 0.428. The Labute approximate surface area is 150 Å². The van der Waals surface area contributed by atoms with Gasteiger partial charge in [0.2, 0.25) is 5.91 Å². The zero-order valence-corrected chi connectivity index (χ0v) is 16.3. The van der Waals surface area contributed by atoms with Crippen LogP contribution in [0, 0.1) is 20.8 Å². The number of hydrogen-bond acceptors (Lipinski definition) is 2. The Kier molecular flexibility index (Phi) is 6.11. The van der Waals surface area contributed by atoms with Crippen LogP contribution < -0.4 is 5.32 Å². The number of aryl methyl sites for hydroxylation is 3. The maximum Gasteiger partial charge on any atom is 0.237 e. The molecular formula is C21H27NOS. The molecule has 0 aliphatic rings. The monoisotopic (exact) mass is 341 g/mol. The molecule has 0 aliphatic carbocycles. The van der Waals surface area contributed by atoms with Gasteiger partial charge in [-0.1, -0.05) is 38.1 Å². The van der Waals surface area contributed by atoms with Crippen molar-refractivity contribution in [1.82, 2.24) is 0 Å². The smallest absolute Gasteiger partial charge is 0.237 e. The predicted octanol–water partition coefficient (Wildman–Crippen LogP) is 5.85. The average molecular weight is 342 g/mol. The quantitative estimate of drug-likeness (QED) is 0.691. The molecule has 3 heteroatoms. The maximum absolute atomic E-state index is 12.7. The van der Waals surface area contributed by atoms with E-state index in [0.29, 0.717) is 5.92 Å². The summed E-state index contributed by atoms with van der Waals surface area (Å²) in [6.07, 6.45) is 0. The average Bonchev–Trinajstić information content (AvgIpc) is 2.52. The fraction of sp³-hybridized carbons (Fsp3) is 0.381. The van der Waals surface area contributed by atoms with Crippen molar-refractivity contribution in [2.24, 2.45) is 0 Å². The summed E-state index contributed by atoms with van der Waals surface area (Å²) in [7, 11) is 0. The minimum absolute atomic E-state index is 0.0504. The Balaban J connectivity index is 2.13. The first-order valence-electron chi connectivity index (χ1n) is 8.44. The van der Waals surface area contributed by atoms with Crippen molar-refractivity contribution in [1.29, 1.82) is 0 Å². The van der Waals surface area contributed by atoms with Gasteiger partial charge in [0.15, 0.2) is 0 Å². The van der Waals surface area contributed by atoms with Crippen LogP contribution in [0.2, 0.25) is 0 Å². The van der Waals surface area contributed by atoms with Gasteiger partial charge in [-0.3, -0.25) is 4.79 Å². The summed E-state index contributed by atoms with van der Waals surface area (Å²) in [6, 6.07) is 12.5. The van der Waals surface area contributed by atoms with Gasteiger partial charge in [-0.2, -0.15) is 0 Å². The summed E-state index contributed by atoms with van der Waals surface area (Å²) in [5.41, 5.74) is 5.79. The summed E-state index contributed by atoms with van der Waals surface area (Å²) in [6.45, 7) is 12.5. The lowest BCUT2D eigenvalue weighted by atomic mass is 9.98. The van der Waals surface area contributed by atoms with Crippen LogP contribution in [0.5, 0.6) is 0 Å². The number of anilines is 1. The Morgan fingerprint density at radius 2 is 1.67 bits per heavy atom. The molecule has 0 spiro atoms. The van der Waals surface area contributed by atoms with Crippen LogP contribution in [0.3, 0.4) is 0 Å². The van der Waals surface area contributed by atoms with Gasteiger partial charge in [0.05, 0.1) is 5.25 Å². The molecule has 1 amide bonds. The third-order valence-corrected chi connectivity index (χ3v) is 5.43. The number of hydrogen-bond donors (Lipinski definition) is 1. The lowest BCUT2D eigenvalue weighted by molar-refractivity contribution is -0.115. The summed E-state index contributed by atoms with van der Waals surface area (Å²) < 4.78 is 0. The van der Waals surface area contributed by atoms with Gasteiger partial charge >= 0.3 is 0 Å². The van der Waals surface area contributed by atoms with Gasteiger partial charge in [-0.05, 0) is 68.0 Å². The van der Waals surface area contributed by atoms with Gasteiger partial charge < -0.3 is 5.32 Å². The number of para-hydroxylation sites is 1. The molecule has 2 aromatic rings. The molecule has 0 saturated heterocycles. The molecule has 128 valence electrons. The van der Waals surface area contributed by atoms with E-state index in [1.54, 1.807) is 11.8 Å². The highest BCUT2D eigenvalue weighted by molar-refractivity contribution is 8.00. The minimum Gasteiger partial charge on any atom is -0.325 e. The standard InChI is InChI=1S/C21H27NOS/c1-13(2)19-9-7-8-15(4)20(19)22-21(23)17(6)24-18-11-10-14(3)16(5)12-18/h7-13,17H,1-6H3,(H,22,23)/t17-/m1/s1. The highest BCUT2D eigenvalue weighted by Gasteiger charge is 2.18. The Morgan fingerprint density at radius 1 is 0.958 bits per heavy atom. The van der Waals surface area contributed by atoms with Gasteiger partial charge in [-0.15, -0.1) is 11.8 Å². The van der Waals surface area contributed by atoms with Crippen LogP contribution in [0.25, 0.3) is 0 Å². The molecule has 0 aliphatic heterocycles. The third kappa shape index (κ3) is 4.41. The second kappa shape index (κ2) is 7.89. The van der Waals surface area contributed by atoms with E-state index in [9.17, 15) is 4.79 Å². The highest BCUT2D eigenvalue weighted by Crippen LogP contribution is 2.30. The minimum atomic E-state index is -0.147. The number of carbonyl (C=O) groups excluding carboxylic acids is 1. The number of benzene rings is 2. The van der Waals surface area contributed by atoms with Crippen LogP contribution in [-0.4, -0.2) is 11.2 Å². The largest absolute Gasteiger partial charge is 0.325 e. The van der Waals surface area contributed by atoms with Gasteiger partial charge in [0.25, 0.3) is 0 Å². The first-order valence-corrected chi connectivity index (χ1v) is 9.32. The maximum atomic E-state index is 12.7. The Hall–Kier alpha value is -1.74. The van der Waals surface area contributed by atoms with Crippen LogP contribution in [-0.2, 0) is 4.79 Å². The van der Waals surface area contributed by atoms with Gasteiger partial charge in [0.1, 0.15) is 0 Å². The molecule has 1 N–H and O–H groups in total. The molecule has 2 aromatic carbocycles. The number of amides is 1. The molecule has 0 unspecified atom stereocenters. The van der Waals surface area contributed by atoms with Gasteiger partial charge in [0, 0.05) is 10.6 Å². The molecule has 0 heterocycles. The summed E-state index contributed by atoms with van der Waals surface area (Å²) >= 11 is 1.60. The molecule has 1 atom stereocenters. The van der Waals surface area contributed by atoms with E-state index in [0.717, 1.165) is 16.1 Å². The van der Waals surface area contributed by atoms with E-state index in [1.807, 2.05) is 26.0 Å². The van der Waals surface area contributed by atoms with E-state index in [-0.39, 0.29) is 11.2 Å². The second-order valence-electron chi connectivity index (χ2n) is 6.69. The van der Waals surface area contributed by atoms with Crippen LogP contribution in [0.15, 0.2) is 41.3 Å². The molecule has 0 fully saturated rings. The lowest BCUT2D eigenvalue weighted by Crippen LogP contribution is -2.23. The van der Waals surface area contributed by atoms with Gasteiger partial charge in [-0.25, -0.2) is 0 Å². The number of carbonyl (C=O) groups is 1. The van der Waals surface area contributed by atoms with E-state index in [1.165, 1.54) is 16.7 Å². The third-order valence-electron chi connectivity index (χ3n) is 4.34. The number of rotatable bonds is 5. The molecule has 24 heavy (non-hydrogen) atoms. The van der Waals surface area contributed by atoms with Crippen molar-refractivity contribution in [2.45, 2.75) is 57.6 Å². The van der Waals surface area contributed by atoms with Crippen molar-refractivity contribution in [3.8, 4) is 0 Å². The van der Waals surface area contributed by atoms with Crippen molar-refractivity contribution < 1.29 is 4.79 Å². The SMILES string of the molecule is Cc1ccc(S[C@H](C)C(=O)Nc2c(C)cccc2C(C)C)cc1C. The van der Waals surface area contributed by atoms with E-state index in [4.69, 9.17) is 0 Å². The first-order chi connectivity index (χ1) is 11.3. The molecule has 2 nitrogen and oxygen atoms in total. The zero-order valence-electron chi connectivity index (χ0n) is 15.4. The fourth-order valence-corrected chi connectivity index (χ4v) is 3.58. The van der Waals surface area contributed by atoms with Crippen molar-refractivity contribution in [2.75, 3.05) is 5.32 Å². The zero-order chi connectivity index (χ0) is 17.9. The van der Waals surface area contributed by atoms with E-state index >= 15 is 0 Å².